The van der Waals surface area contributed by atoms with Crippen molar-refractivity contribution in [2.45, 2.75) is 39.0 Å². The maximum atomic E-state index is 12.1. The second-order valence-corrected chi connectivity index (χ2v) is 5.51. The number of carboxylic acid groups (broad SMARTS) is 1. The van der Waals surface area contributed by atoms with Gasteiger partial charge in [0.25, 0.3) is 0 Å². The Morgan fingerprint density at radius 2 is 1.91 bits per heavy atom. The third-order valence-electron chi connectivity index (χ3n) is 3.83. The molecule has 1 rings (SSSR count). The van der Waals surface area contributed by atoms with E-state index in [-0.39, 0.29) is 18.2 Å². The SMILES string of the molecule is CCC(CCc1ccc(OC(F)(F)F)cc1)CC(CN)C(=O)O. The predicted molar refractivity (Wildman–Crippen MR) is 80.0 cm³/mol. The van der Waals surface area contributed by atoms with E-state index in [9.17, 15) is 18.0 Å². The van der Waals surface area contributed by atoms with Gasteiger partial charge in [-0.15, -0.1) is 13.2 Å². The third kappa shape index (κ3) is 7.36. The third-order valence-corrected chi connectivity index (χ3v) is 3.83. The van der Waals surface area contributed by atoms with Gasteiger partial charge in [0.2, 0.25) is 0 Å². The number of aliphatic carboxylic acids is 1. The molecule has 2 atom stereocenters. The molecule has 0 aromatic heterocycles. The Hall–Kier alpha value is -1.76. The van der Waals surface area contributed by atoms with Crippen LogP contribution in [-0.2, 0) is 11.2 Å². The Kier molecular flexibility index (Phi) is 7.35. The van der Waals surface area contributed by atoms with Crippen LogP contribution in [-0.4, -0.2) is 24.0 Å². The molecular weight excluding hydrogens is 311 g/mol. The summed E-state index contributed by atoms with van der Waals surface area (Å²) in [6, 6.07) is 5.74. The summed E-state index contributed by atoms with van der Waals surface area (Å²) in [7, 11) is 0. The average molecular weight is 333 g/mol. The summed E-state index contributed by atoms with van der Waals surface area (Å²) in [6.45, 7) is 2.09. The van der Waals surface area contributed by atoms with Gasteiger partial charge in [-0.1, -0.05) is 25.5 Å². The molecule has 0 amide bonds. The van der Waals surface area contributed by atoms with Crippen LogP contribution in [0.2, 0.25) is 0 Å². The van der Waals surface area contributed by atoms with Gasteiger partial charge in [-0.3, -0.25) is 4.79 Å². The lowest BCUT2D eigenvalue weighted by Crippen LogP contribution is -2.26. The molecule has 130 valence electrons. The minimum absolute atomic E-state index is 0.106. The molecule has 0 radical (unpaired) electrons. The molecule has 23 heavy (non-hydrogen) atoms. The molecule has 0 fully saturated rings. The van der Waals surface area contributed by atoms with Crippen molar-refractivity contribution >= 4 is 5.97 Å². The molecule has 0 spiro atoms. The zero-order chi connectivity index (χ0) is 17.5. The highest BCUT2D eigenvalue weighted by Crippen LogP contribution is 2.25. The molecule has 0 aliphatic carbocycles. The largest absolute Gasteiger partial charge is 0.573 e. The summed E-state index contributed by atoms with van der Waals surface area (Å²) < 4.78 is 40.1. The number of nitrogens with two attached hydrogens (primary N) is 1. The molecule has 0 aliphatic rings. The lowest BCUT2D eigenvalue weighted by atomic mass is 9.88. The highest BCUT2D eigenvalue weighted by Gasteiger charge is 2.30. The van der Waals surface area contributed by atoms with Crippen molar-refractivity contribution in [3.8, 4) is 5.75 Å². The van der Waals surface area contributed by atoms with Crippen LogP contribution in [0.15, 0.2) is 24.3 Å². The van der Waals surface area contributed by atoms with E-state index in [2.05, 4.69) is 4.74 Å². The fraction of sp³-hybridized carbons (Fsp3) is 0.562. The van der Waals surface area contributed by atoms with Gasteiger partial charge in [0.15, 0.2) is 0 Å². The van der Waals surface area contributed by atoms with Crippen molar-refractivity contribution in [3.63, 3.8) is 0 Å². The maximum absolute atomic E-state index is 12.1. The van der Waals surface area contributed by atoms with E-state index >= 15 is 0 Å². The Labute approximate surface area is 133 Å². The van der Waals surface area contributed by atoms with Crippen LogP contribution in [0.1, 0.15) is 31.7 Å². The van der Waals surface area contributed by atoms with Crippen molar-refractivity contribution in [3.05, 3.63) is 29.8 Å². The summed E-state index contributed by atoms with van der Waals surface area (Å²) >= 11 is 0. The number of carbonyl (C=O) groups is 1. The van der Waals surface area contributed by atoms with E-state index in [1.54, 1.807) is 12.1 Å². The lowest BCUT2D eigenvalue weighted by Gasteiger charge is -2.19. The minimum Gasteiger partial charge on any atom is -0.481 e. The van der Waals surface area contributed by atoms with Crippen LogP contribution in [0, 0.1) is 11.8 Å². The molecular formula is C16H22F3NO3. The van der Waals surface area contributed by atoms with Gasteiger partial charge < -0.3 is 15.6 Å². The van der Waals surface area contributed by atoms with E-state index in [0.717, 1.165) is 18.4 Å². The van der Waals surface area contributed by atoms with Gasteiger partial charge in [0.05, 0.1) is 5.92 Å². The van der Waals surface area contributed by atoms with Crippen molar-refractivity contribution in [1.29, 1.82) is 0 Å². The molecule has 0 saturated heterocycles. The Bertz CT molecular complexity index is 488. The molecule has 0 aliphatic heterocycles. The van der Waals surface area contributed by atoms with Gasteiger partial charge in [-0.25, -0.2) is 0 Å². The van der Waals surface area contributed by atoms with Crippen LogP contribution in [0.4, 0.5) is 13.2 Å². The fourth-order valence-electron chi connectivity index (χ4n) is 2.42. The molecule has 7 heteroatoms. The van der Waals surface area contributed by atoms with Gasteiger partial charge in [0.1, 0.15) is 5.75 Å². The summed E-state index contributed by atoms with van der Waals surface area (Å²) in [5.74, 6) is -1.48. The molecule has 1 aromatic rings. The fourth-order valence-corrected chi connectivity index (χ4v) is 2.42. The summed E-state index contributed by atoms with van der Waals surface area (Å²) in [5.41, 5.74) is 6.35. The van der Waals surface area contributed by atoms with Crippen LogP contribution < -0.4 is 10.5 Å². The monoisotopic (exact) mass is 333 g/mol. The first-order valence-electron chi connectivity index (χ1n) is 7.52. The molecule has 0 heterocycles. The smallest absolute Gasteiger partial charge is 0.481 e. The Morgan fingerprint density at radius 3 is 2.35 bits per heavy atom. The first kappa shape index (κ1) is 19.3. The van der Waals surface area contributed by atoms with E-state index < -0.39 is 18.2 Å². The second-order valence-electron chi connectivity index (χ2n) is 5.51. The number of carboxylic acids is 1. The average Bonchev–Trinajstić information content (AvgIpc) is 2.47. The number of ether oxygens (including phenoxy) is 1. The standard InChI is InChI=1S/C16H22F3NO3/c1-2-11(9-13(10-20)15(21)22)3-4-12-5-7-14(8-6-12)23-16(17,18)19/h5-8,11,13H,2-4,9-10,20H2,1H3,(H,21,22). The number of benzene rings is 1. The van der Waals surface area contributed by atoms with Crippen LogP contribution in [0.25, 0.3) is 0 Å². The molecule has 3 N–H and O–H groups in total. The molecule has 0 saturated carbocycles. The minimum atomic E-state index is -4.69. The highest BCUT2D eigenvalue weighted by atomic mass is 19.4. The van der Waals surface area contributed by atoms with E-state index in [0.29, 0.717) is 12.8 Å². The van der Waals surface area contributed by atoms with Gasteiger partial charge in [-0.05, 0) is 42.9 Å². The van der Waals surface area contributed by atoms with Crippen LogP contribution in [0.5, 0.6) is 5.75 Å². The first-order chi connectivity index (χ1) is 10.7. The van der Waals surface area contributed by atoms with Gasteiger partial charge in [-0.2, -0.15) is 0 Å². The van der Waals surface area contributed by atoms with E-state index in [1.165, 1.54) is 12.1 Å². The van der Waals surface area contributed by atoms with Crippen molar-refractivity contribution in [2.24, 2.45) is 17.6 Å². The molecule has 2 unspecified atom stereocenters. The zero-order valence-corrected chi connectivity index (χ0v) is 13.0. The number of hydrogen-bond donors (Lipinski definition) is 2. The summed E-state index contributed by atoms with van der Waals surface area (Å²) in [6.07, 6.45) is -1.92. The zero-order valence-electron chi connectivity index (χ0n) is 13.0. The topological polar surface area (TPSA) is 72.5 Å². The maximum Gasteiger partial charge on any atom is 0.573 e. The lowest BCUT2D eigenvalue weighted by molar-refractivity contribution is -0.274. The van der Waals surface area contributed by atoms with E-state index in [4.69, 9.17) is 10.8 Å². The van der Waals surface area contributed by atoms with Gasteiger partial charge >= 0.3 is 12.3 Å². The van der Waals surface area contributed by atoms with Gasteiger partial charge in [0, 0.05) is 6.54 Å². The van der Waals surface area contributed by atoms with Crippen LogP contribution >= 0.6 is 0 Å². The highest BCUT2D eigenvalue weighted by molar-refractivity contribution is 5.70. The number of halogens is 3. The van der Waals surface area contributed by atoms with E-state index in [1.807, 2.05) is 6.92 Å². The number of aryl methyl sites for hydroxylation is 1. The van der Waals surface area contributed by atoms with Crippen molar-refractivity contribution < 1.29 is 27.8 Å². The van der Waals surface area contributed by atoms with Crippen molar-refractivity contribution in [2.75, 3.05) is 6.54 Å². The second kappa shape index (κ2) is 8.76. The summed E-state index contributed by atoms with van der Waals surface area (Å²) in [4.78, 5) is 11.0. The molecule has 4 nitrogen and oxygen atoms in total. The Morgan fingerprint density at radius 1 is 1.30 bits per heavy atom. The normalized spacial score (nSPS) is 14.3. The Balaban J connectivity index is 2.53. The number of alkyl halides is 3. The van der Waals surface area contributed by atoms with Crippen LogP contribution in [0.3, 0.4) is 0 Å². The molecule has 1 aromatic carbocycles. The first-order valence-corrected chi connectivity index (χ1v) is 7.52. The quantitative estimate of drug-likeness (QED) is 0.724. The predicted octanol–water partition coefficient (Wildman–Crippen LogP) is 3.59. The van der Waals surface area contributed by atoms with Crippen molar-refractivity contribution in [1.82, 2.24) is 0 Å². The number of hydrogen-bond acceptors (Lipinski definition) is 3. The number of rotatable bonds is 9. The molecule has 0 bridgehead atoms. The summed E-state index contributed by atoms with van der Waals surface area (Å²) in [5, 5.41) is 9.04.